The standard InChI is InChI=1S/C19H18N2S/c1-2-8-17(9-3-1)20-19-21-18(13-22-19)16-11-10-14-6-4-5-7-15(14)12-16/h1-3,8-13H,4-7H2,(H,20,21). The van der Waals surface area contributed by atoms with Gasteiger partial charge in [-0.05, 0) is 55.0 Å². The summed E-state index contributed by atoms with van der Waals surface area (Å²) in [6, 6.07) is 17.0. The van der Waals surface area contributed by atoms with Crippen molar-refractivity contribution in [2.45, 2.75) is 25.7 Å². The quantitative estimate of drug-likeness (QED) is 0.697. The van der Waals surface area contributed by atoms with Crippen LogP contribution in [0.3, 0.4) is 0 Å². The van der Waals surface area contributed by atoms with Gasteiger partial charge >= 0.3 is 0 Å². The SMILES string of the molecule is c1ccc(Nc2nc(-c3ccc4c(c3)CCCC4)cs2)cc1. The molecule has 0 saturated heterocycles. The molecule has 1 heterocycles. The van der Waals surface area contributed by atoms with Gasteiger partial charge in [-0.2, -0.15) is 0 Å². The van der Waals surface area contributed by atoms with Crippen LogP contribution < -0.4 is 5.32 Å². The first kappa shape index (κ1) is 13.5. The van der Waals surface area contributed by atoms with Crippen LogP contribution in [0.2, 0.25) is 0 Å². The molecule has 3 heteroatoms. The molecule has 4 rings (SSSR count). The summed E-state index contributed by atoms with van der Waals surface area (Å²) in [5.74, 6) is 0. The van der Waals surface area contributed by atoms with E-state index in [0.717, 1.165) is 16.5 Å². The number of fused-ring (bicyclic) bond motifs is 1. The first-order valence-corrected chi connectivity index (χ1v) is 8.66. The van der Waals surface area contributed by atoms with E-state index < -0.39 is 0 Å². The number of hydrogen-bond donors (Lipinski definition) is 1. The molecule has 1 aliphatic rings. The molecular formula is C19H18N2S. The molecule has 22 heavy (non-hydrogen) atoms. The second-order valence-corrected chi connectivity index (χ2v) is 6.58. The Morgan fingerprint density at radius 3 is 2.59 bits per heavy atom. The number of aromatic nitrogens is 1. The van der Waals surface area contributed by atoms with Crippen molar-refractivity contribution >= 4 is 22.2 Å². The predicted molar refractivity (Wildman–Crippen MR) is 93.9 cm³/mol. The molecule has 2 nitrogen and oxygen atoms in total. The summed E-state index contributed by atoms with van der Waals surface area (Å²) in [6.07, 6.45) is 5.08. The fraction of sp³-hybridized carbons (Fsp3) is 0.211. The van der Waals surface area contributed by atoms with Crippen molar-refractivity contribution in [2.24, 2.45) is 0 Å². The van der Waals surface area contributed by atoms with Crippen molar-refractivity contribution in [1.82, 2.24) is 4.98 Å². The minimum absolute atomic E-state index is 0.943. The Balaban J connectivity index is 1.59. The van der Waals surface area contributed by atoms with Gasteiger partial charge in [0.15, 0.2) is 5.13 Å². The van der Waals surface area contributed by atoms with Crippen LogP contribution in [0.5, 0.6) is 0 Å². The van der Waals surface area contributed by atoms with Crippen LogP contribution >= 0.6 is 11.3 Å². The van der Waals surface area contributed by atoms with E-state index in [9.17, 15) is 0 Å². The lowest BCUT2D eigenvalue weighted by atomic mass is 9.90. The van der Waals surface area contributed by atoms with Crippen molar-refractivity contribution in [3.05, 3.63) is 65.0 Å². The number of hydrogen-bond acceptors (Lipinski definition) is 3. The normalized spacial score (nSPS) is 13.6. The maximum atomic E-state index is 4.73. The number of anilines is 2. The molecule has 0 aliphatic heterocycles. The minimum atomic E-state index is 0.943. The molecule has 2 aromatic carbocycles. The van der Waals surface area contributed by atoms with Crippen molar-refractivity contribution in [3.8, 4) is 11.3 Å². The van der Waals surface area contributed by atoms with E-state index in [0.29, 0.717) is 0 Å². The monoisotopic (exact) mass is 306 g/mol. The summed E-state index contributed by atoms with van der Waals surface area (Å²) < 4.78 is 0. The maximum Gasteiger partial charge on any atom is 0.187 e. The fourth-order valence-corrected chi connectivity index (χ4v) is 3.74. The lowest BCUT2D eigenvalue weighted by Crippen LogP contribution is -2.02. The van der Waals surface area contributed by atoms with Gasteiger partial charge in [0.05, 0.1) is 5.69 Å². The molecule has 0 unspecified atom stereocenters. The second-order valence-electron chi connectivity index (χ2n) is 5.72. The highest BCUT2D eigenvalue weighted by Gasteiger charge is 2.11. The van der Waals surface area contributed by atoms with E-state index in [-0.39, 0.29) is 0 Å². The van der Waals surface area contributed by atoms with Crippen LogP contribution in [0, 0.1) is 0 Å². The van der Waals surface area contributed by atoms with Crippen LogP contribution in [-0.4, -0.2) is 4.98 Å². The lowest BCUT2D eigenvalue weighted by Gasteiger charge is -2.16. The third kappa shape index (κ3) is 2.77. The first-order valence-electron chi connectivity index (χ1n) is 7.78. The van der Waals surface area contributed by atoms with Gasteiger partial charge in [0.25, 0.3) is 0 Å². The van der Waals surface area contributed by atoms with Gasteiger partial charge in [0.2, 0.25) is 0 Å². The zero-order chi connectivity index (χ0) is 14.8. The number of nitrogens with zero attached hydrogens (tertiary/aromatic N) is 1. The minimum Gasteiger partial charge on any atom is -0.332 e. The van der Waals surface area contributed by atoms with Gasteiger partial charge in [-0.3, -0.25) is 0 Å². The van der Waals surface area contributed by atoms with Gasteiger partial charge in [-0.25, -0.2) is 4.98 Å². The lowest BCUT2D eigenvalue weighted by molar-refractivity contribution is 0.686. The molecule has 1 N–H and O–H groups in total. The number of nitrogens with one attached hydrogen (secondary N) is 1. The average molecular weight is 306 g/mol. The van der Waals surface area contributed by atoms with E-state index in [2.05, 4.69) is 41.0 Å². The summed E-state index contributed by atoms with van der Waals surface area (Å²) in [6.45, 7) is 0. The molecule has 3 aromatic rings. The first-order chi connectivity index (χ1) is 10.9. The van der Waals surface area contributed by atoms with Crippen LogP contribution in [0.4, 0.5) is 10.8 Å². The third-order valence-electron chi connectivity index (χ3n) is 4.17. The van der Waals surface area contributed by atoms with Crippen LogP contribution in [0.1, 0.15) is 24.0 Å². The van der Waals surface area contributed by atoms with Crippen molar-refractivity contribution in [2.75, 3.05) is 5.32 Å². The van der Waals surface area contributed by atoms with Crippen LogP contribution in [-0.2, 0) is 12.8 Å². The third-order valence-corrected chi connectivity index (χ3v) is 4.93. The fourth-order valence-electron chi connectivity index (χ4n) is 3.00. The summed E-state index contributed by atoms with van der Waals surface area (Å²) in [5.41, 5.74) is 6.41. The molecule has 1 aliphatic carbocycles. The number of rotatable bonds is 3. The average Bonchev–Trinajstić information content (AvgIpc) is 3.04. The molecule has 110 valence electrons. The molecular weight excluding hydrogens is 288 g/mol. The second kappa shape index (κ2) is 5.93. The van der Waals surface area contributed by atoms with Gasteiger partial charge in [0.1, 0.15) is 0 Å². The van der Waals surface area contributed by atoms with E-state index >= 15 is 0 Å². The molecule has 0 saturated carbocycles. The smallest absolute Gasteiger partial charge is 0.187 e. The Morgan fingerprint density at radius 1 is 0.909 bits per heavy atom. The number of benzene rings is 2. The Hall–Kier alpha value is -2.13. The zero-order valence-electron chi connectivity index (χ0n) is 12.4. The largest absolute Gasteiger partial charge is 0.332 e. The number of aryl methyl sites for hydroxylation is 2. The van der Waals surface area contributed by atoms with Crippen molar-refractivity contribution in [3.63, 3.8) is 0 Å². The van der Waals surface area contributed by atoms with E-state index in [1.165, 1.54) is 42.4 Å². The highest BCUT2D eigenvalue weighted by atomic mass is 32.1. The summed E-state index contributed by atoms with van der Waals surface area (Å²) in [4.78, 5) is 4.73. The Kier molecular flexibility index (Phi) is 3.65. The van der Waals surface area contributed by atoms with Crippen molar-refractivity contribution < 1.29 is 0 Å². The van der Waals surface area contributed by atoms with E-state index in [4.69, 9.17) is 4.98 Å². The zero-order valence-corrected chi connectivity index (χ0v) is 13.2. The molecule has 0 spiro atoms. The Morgan fingerprint density at radius 2 is 1.73 bits per heavy atom. The van der Waals surface area contributed by atoms with Gasteiger partial charge in [0, 0.05) is 16.6 Å². The van der Waals surface area contributed by atoms with Crippen LogP contribution in [0.25, 0.3) is 11.3 Å². The molecule has 1 aromatic heterocycles. The maximum absolute atomic E-state index is 4.73. The van der Waals surface area contributed by atoms with Crippen molar-refractivity contribution in [1.29, 1.82) is 0 Å². The number of para-hydroxylation sites is 1. The van der Waals surface area contributed by atoms with Gasteiger partial charge in [-0.1, -0.05) is 30.3 Å². The van der Waals surface area contributed by atoms with Crippen LogP contribution in [0.15, 0.2) is 53.9 Å². The topological polar surface area (TPSA) is 24.9 Å². The molecule has 0 fully saturated rings. The van der Waals surface area contributed by atoms with E-state index in [1.807, 2.05) is 18.2 Å². The molecule has 0 bridgehead atoms. The van der Waals surface area contributed by atoms with Gasteiger partial charge < -0.3 is 5.32 Å². The predicted octanol–water partition coefficient (Wildman–Crippen LogP) is 5.43. The number of thiazole rings is 1. The summed E-state index contributed by atoms with van der Waals surface area (Å²) in [7, 11) is 0. The Labute approximate surface area is 134 Å². The summed E-state index contributed by atoms with van der Waals surface area (Å²) >= 11 is 1.65. The summed E-state index contributed by atoms with van der Waals surface area (Å²) in [5, 5.41) is 6.44. The molecule has 0 radical (unpaired) electrons. The molecule has 0 amide bonds. The van der Waals surface area contributed by atoms with E-state index in [1.54, 1.807) is 11.3 Å². The highest BCUT2D eigenvalue weighted by molar-refractivity contribution is 7.14. The molecule has 0 atom stereocenters. The Bertz CT molecular complexity index is 777. The van der Waals surface area contributed by atoms with Gasteiger partial charge in [-0.15, -0.1) is 11.3 Å². The highest BCUT2D eigenvalue weighted by Crippen LogP contribution is 2.30.